The first-order valence-electron chi connectivity index (χ1n) is 5.43. The second kappa shape index (κ2) is 3.34. The lowest BCUT2D eigenvalue weighted by Gasteiger charge is -2.56. The van der Waals surface area contributed by atoms with Crippen LogP contribution < -0.4 is 0 Å². The van der Waals surface area contributed by atoms with Crippen molar-refractivity contribution < 1.29 is 0 Å². The van der Waals surface area contributed by atoms with Crippen molar-refractivity contribution in [3.8, 4) is 0 Å². The van der Waals surface area contributed by atoms with Gasteiger partial charge in [0.1, 0.15) is 0 Å². The van der Waals surface area contributed by atoms with Gasteiger partial charge in [-0.1, -0.05) is 25.5 Å². The lowest BCUT2D eigenvalue weighted by molar-refractivity contribution is -0.0196. The second-order valence-corrected chi connectivity index (χ2v) is 5.49. The number of fused-ring (bicyclic) bond motifs is 1. The molecule has 0 aromatic carbocycles. The third kappa shape index (κ3) is 1.36. The summed E-state index contributed by atoms with van der Waals surface area (Å²) >= 11 is 4.46. The Hall–Kier alpha value is 0.0900. The molecule has 3 aliphatic rings. The molecule has 0 radical (unpaired) electrons. The summed E-state index contributed by atoms with van der Waals surface area (Å²) in [4.78, 5) is 0. The largest absolute Gasteiger partial charge is 0.179 e. The van der Waals surface area contributed by atoms with Gasteiger partial charge in [0.05, 0.1) is 0 Å². The van der Waals surface area contributed by atoms with Gasteiger partial charge in [-0.15, -0.1) is 0 Å². The number of hydrogen-bond donors (Lipinski definition) is 1. The summed E-state index contributed by atoms with van der Waals surface area (Å²) < 4.78 is 0. The van der Waals surface area contributed by atoms with Crippen LogP contribution in [0.25, 0.3) is 0 Å². The summed E-state index contributed by atoms with van der Waals surface area (Å²) in [5.74, 6) is 5.60. The predicted octanol–water partition coefficient (Wildman–Crippen LogP) is 3.40. The van der Waals surface area contributed by atoms with Crippen LogP contribution in [0.2, 0.25) is 0 Å². The van der Waals surface area contributed by atoms with E-state index in [1.165, 1.54) is 6.42 Å². The van der Waals surface area contributed by atoms with E-state index in [2.05, 4.69) is 39.5 Å². The maximum atomic E-state index is 4.46. The fraction of sp³-hybridized carbons (Fsp3) is 0.833. The van der Waals surface area contributed by atoms with Crippen LogP contribution in [0.3, 0.4) is 0 Å². The van der Waals surface area contributed by atoms with Gasteiger partial charge in [0.25, 0.3) is 0 Å². The highest BCUT2D eigenvalue weighted by Gasteiger charge is 2.51. The van der Waals surface area contributed by atoms with Crippen molar-refractivity contribution >= 4 is 12.6 Å². The van der Waals surface area contributed by atoms with Crippen LogP contribution in [-0.4, -0.2) is 5.75 Å². The van der Waals surface area contributed by atoms with Crippen molar-refractivity contribution in [2.75, 3.05) is 5.75 Å². The van der Waals surface area contributed by atoms with Crippen LogP contribution in [0, 0.1) is 29.6 Å². The van der Waals surface area contributed by atoms with E-state index in [9.17, 15) is 0 Å². The lowest BCUT2D eigenvalue weighted by atomic mass is 9.49. The summed E-state index contributed by atoms with van der Waals surface area (Å²) in [7, 11) is 0. The molecule has 0 spiro atoms. The standard InChI is InChI=1S/C12H20S/c1-7(2)12-9-4-8(3)5-10(12)11(9)6-13/h4,7,9-13H,5-6H2,1-3H3/t9-,10-,11?,12?/m1/s1. The van der Waals surface area contributed by atoms with Crippen molar-refractivity contribution in [1.82, 2.24) is 0 Å². The minimum atomic E-state index is 0.857. The molecular formula is C12H20S. The van der Waals surface area contributed by atoms with Crippen molar-refractivity contribution in [2.24, 2.45) is 29.6 Å². The minimum Gasteiger partial charge on any atom is -0.179 e. The normalized spacial score (nSPS) is 43.0. The van der Waals surface area contributed by atoms with Gasteiger partial charge in [0.15, 0.2) is 0 Å². The molecule has 0 aromatic heterocycles. The summed E-state index contributed by atoms with van der Waals surface area (Å²) in [6, 6.07) is 0. The first-order chi connectivity index (χ1) is 6.15. The maximum absolute atomic E-state index is 4.46. The second-order valence-electron chi connectivity index (χ2n) is 5.13. The van der Waals surface area contributed by atoms with E-state index in [4.69, 9.17) is 0 Å². The van der Waals surface area contributed by atoms with Crippen molar-refractivity contribution in [2.45, 2.75) is 27.2 Å². The summed E-state index contributed by atoms with van der Waals surface area (Å²) in [6.45, 7) is 7.02. The molecule has 0 heterocycles. The summed E-state index contributed by atoms with van der Waals surface area (Å²) in [5, 5.41) is 0. The Labute approximate surface area is 87.2 Å². The molecule has 0 nitrogen and oxygen atoms in total. The average molecular weight is 196 g/mol. The molecule has 74 valence electrons. The molecule has 2 bridgehead atoms. The highest BCUT2D eigenvalue weighted by atomic mass is 32.1. The molecular weight excluding hydrogens is 176 g/mol. The lowest BCUT2D eigenvalue weighted by Crippen LogP contribution is -2.51. The molecule has 0 aliphatic heterocycles. The SMILES string of the molecule is CC1=C[C@@H]2C(CS)[C@@H](C1)C2C(C)C. The average Bonchev–Trinajstić information content (AvgIpc) is 2.03. The molecule has 1 saturated carbocycles. The van der Waals surface area contributed by atoms with Gasteiger partial charge in [-0.05, 0) is 48.7 Å². The first-order valence-corrected chi connectivity index (χ1v) is 6.06. The molecule has 1 heteroatoms. The Morgan fingerprint density at radius 1 is 1.54 bits per heavy atom. The van der Waals surface area contributed by atoms with Gasteiger partial charge in [0, 0.05) is 0 Å². The number of thiol groups is 1. The monoisotopic (exact) mass is 196 g/mol. The zero-order chi connectivity index (χ0) is 9.59. The van der Waals surface area contributed by atoms with Gasteiger partial charge in [-0.2, -0.15) is 12.6 Å². The smallest absolute Gasteiger partial charge is 0.00609 e. The van der Waals surface area contributed by atoms with Crippen LogP contribution in [0.5, 0.6) is 0 Å². The van der Waals surface area contributed by atoms with E-state index in [1.54, 1.807) is 5.57 Å². The molecule has 13 heavy (non-hydrogen) atoms. The van der Waals surface area contributed by atoms with Crippen molar-refractivity contribution in [3.05, 3.63) is 11.6 Å². The van der Waals surface area contributed by atoms with E-state index in [1.807, 2.05) is 0 Å². The molecule has 1 fully saturated rings. The Morgan fingerprint density at radius 3 is 2.62 bits per heavy atom. The van der Waals surface area contributed by atoms with Crippen LogP contribution in [0.1, 0.15) is 27.2 Å². The Kier molecular flexibility index (Phi) is 2.48. The Balaban J connectivity index is 2.16. The maximum Gasteiger partial charge on any atom is -0.00609 e. The predicted molar refractivity (Wildman–Crippen MR) is 61.0 cm³/mol. The van der Waals surface area contributed by atoms with Gasteiger partial charge in [-0.3, -0.25) is 0 Å². The molecule has 3 rings (SSSR count). The zero-order valence-electron chi connectivity index (χ0n) is 8.83. The summed E-state index contributed by atoms with van der Waals surface area (Å²) in [6.07, 6.45) is 3.86. The number of rotatable bonds is 2. The quantitative estimate of drug-likeness (QED) is 0.508. The zero-order valence-corrected chi connectivity index (χ0v) is 9.72. The molecule has 0 saturated heterocycles. The summed E-state index contributed by atoms with van der Waals surface area (Å²) in [5.41, 5.74) is 1.62. The van der Waals surface area contributed by atoms with Crippen molar-refractivity contribution in [1.29, 1.82) is 0 Å². The van der Waals surface area contributed by atoms with Crippen LogP contribution in [0.15, 0.2) is 11.6 Å². The molecule has 2 unspecified atom stereocenters. The molecule has 3 aliphatic carbocycles. The van der Waals surface area contributed by atoms with E-state index < -0.39 is 0 Å². The van der Waals surface area contributed by atoms with E-state index in [0.29, 0.717) is 0 Å². The topological polar surface area (TPSA) is 0 Å². The van der Waals surface area contributed by atoms with Gasteiger partial charge >= 0.3 is 0 Å². The van der Waals surface area contributed by atoms with Crippen LogP contribution >= 0.6 is 12.6 Å². The van der Waals surface area contributed by atoms with Gasteiger partial charge < -0.3 is 0 Å². The highest BCUT2D eigenvalue weighted by molar-refractivity contribution is 7.80. The van der Waals surface area contributed by atoms with Crippen LogP contribution in [0.4, 0.5) is 0 Å². The molecule has 0 aromatic rings. The number of allylic oxidation sites excluding steroid dienone is 2. The molecule has 4 atom stereocenters. The molecule has 0 amide bonds. The minimum absolute atomic E-state index is 0.857. The van der Waals surface area contributed by atoms with E-state index >= 15 is 0 Å². The molecule has 0 N–H and O–H groups in total. The van der Waals surface area contributed by atoms with Crippen LogP contribution in [-0.2, 0) is 0 Å². The highest BCUT2D eigenvalue weighted by Crippen LogP contribution is 2.56. The van der Waals surface area contributed by atoms with E-state index in [-0.39, 0.29) is 0 Å². The number of hydrogen-bond acceptors (Lipinski definition) is 1. The fourth-order valence-corrected chi connectivity index (χ4v) is 4.00. The Morgan fingerprint density at radius 2 is 2.23 bits per heavy atom. The van der Waals surface area contributed by atoms with E-state index in [0.717, 1.165) is 35.3 Å². The third-order valence-electron chi connectivity index (χ3n) is 4.00. The van der Waals surface area contributed by atoms with Gasteiger partial charge in [-0.25, -0.2) is 0 Å². The fourth-order valence-electron chi connectivity index (χ4n) is 3.48. The van der Waals surface area contributed by atoms with Crippen molar-refractivity contribution in [3.63, 3.8) is 0 Å². The third-order valence-corrected chi connectivity index (χ3v) is 4.42. The van der Waals surface area contributed by atoms with Gasteiger partial charge in [0.2, 0.25) is 0 Å². The first kappa shape index (κ1) is 9.64. The Bertz CT molecular complexity index is 229.